The highest BCUT2D eigenvalue weighted by molar-refractivity contribution is 5.83. The molecule has 0 aliphatic carbocycles. The number of aliphatic carboxylic acids is 6. The second-order valence-corrected chi connectivity index (χ2v) is 7.19. The van der Waals surface area contributed by atoms with Gasteiger partial charge in [0.2, 0.25) is 0 Å². The fourth-order valence-electron chi connectivity index (χ4n) is 3.17. The number of carboxylic acids is 6. The van der Waals surface area contributed by atoms with Gasteiger partial charge in [-0.2, -0.15) is 0 Å². The zero-order chi connectivity index (χ0) is 30.3. The van der Waals surface area contributed by atoms with E-state index in [1.54, 1.807) is 0 Å². The lowest BCUT2D eigenvalue weighted by atomic mass is 9.60. The maximum atomic E-state index is 11.4. The molecule has 0 aromatic rings. The molecular formula is C23H24O16. The van der Waals surface area contributed by atoms with E-state index >= 15 is 0 Å². The van der Waals surface area contributed by atoms with Gasteiger partial charge in [0.25, 0.3) is 0 Å². The number of carbonyl (C=O) groups is 6. The molecule has 0 heterocycles. The lowest BCUT2D eigenvalue weighted by Gasteiger charge is -2.52. The van der Waals surface area contributed by atoms with E-state index in [0.29, 0.717) is 73.3 Å². The maximum absolute atomic E-state index is 11.4. The van der Waals surface area contributed by atoms with Crippen molar-refractivity contribution in [3.05, 3.63) is 73.3 Å². The van der Waals surface area contributed by atoms with Crippen LogP contribution in [0.5, 0.6) is 0 Å². The van der Waals surface area contributed by atoms with Gasteiger partial charge < -0.3 is 50.3 Å². The average Bonchev–Trinajstić information content (AvgIpc) is 2.83. The van der Waals surface area contributed by atoms with Crippen molar-refractivity contribution in [1.29, 1.82) is 0 Å². The van der Waals surface area contributed by atoms with E-state index < -0.39 is 65.6 Å². The minimum Gasteiger partial charge on any atom is -0.485 e. The predicted molar refractivity (Wildman–Crippen MR) is 125 cm³/mol. The van der Waals surface area contributed by atoms with Crippen LogP contribution in [0.25, 0.3) is 0 Å². The molecule has 0 atom stereocenters. The van der Waals surface area contributed by atoms with Crippen molar-refractivity contribution in [1.82, 2.24) is 0 Å². The van der Waals surface area contributed by atoms with Gasteiger partial charge in [-0.1, -0.05) is 0 Å². The molecule has 0 saturated carbocycles. The summed E-state index contributed by atoms with van der Waals surface area (Å²) in [6.07, 6.45) is 4.83. The zero-order valence-corrected chi connectivity index (χ0v) is 19.7. The Morgan fingerprint density at radius 1 is 0.462 bits per heavy atom. The van der Waals surface area contributed by atoms with Crippen LogP contribution in [0, 0.1) is 5.41 Å². The molecule has 39 heavy (non-hydrogen) atoms. The Morgan fingerprint density at radius 2 is 0.692 bits per heavy atom. The summed E-state index contributed by atoms with van der Waals surface area (Å²) in [6.45, 7) is -2.93. The van der Waals surface area contributed by atoms with Crippen molar-refractivity contribution < 1.29 is 79.1 Å². The molecule has 0 radical (unpaired) electrons. The van der Waals surface area contributed by atoms with Crippen molar-refractivity contribution in [3.63, 3.8) is 0 Å². The zero-order valence-electron chi connectivity index (χ0n) is 19.7. The van der Waals surface area contributed by atoms with Gasteiger partial charge in [-0.25, -0.2) is 28.8 Å². The van der Waals surface area contributed by atoms with Crippen molar-refractivity contribution in [2.75, 3.05) is 13.2 Å². The van der Waals surface area contributed by atoms with Crippen LogP contribution < -0.4 is 0 Å². The van der Waals surface area contributed by atoms with Gasteiger partial charge in [0.15, 0.2) is 11.2 Å². The van der Waals surface area contributed by atoms with E-state index in [2.05, 4.69) is 0 Å². The summed E-state index contributed by atoms with van der Waals surface area (Å²) < 4.78 is 10.7. The van der Waals surface area contributed by atoms with Crippen LogP contribution in [0.15, 0.2) is 73.3 Å². The molecule has 0 amide bonds. The first-order valence-corrected chi connectivity index (χ1v) is 10.2. The van der Waals surface area contributed by atoms with Crippen molar-refractivity contribution in [2.45, 2.75) is 11.2 Å². The van der Waals surface area contributed by atoms with Crippen molar-refractivity contribution in [2.24, 2.45) is 5.41 Å². The highest BCUT2D eigenvalue weighted by atomic mass is 16.5. The van der Waals surface area contributed by atoms with Crippen LogP contribution >= 0.6 is 0 Å². The number of hydrogen-bond acceptors (Lipinski definition) is 10. The quantitative estimate of drug-likeness (QED) is 0.0759. The van der Waals surface area contributed by atoms with Crippen molar-refractivity contribution in [3.8, 4) is 0 Å². The summed E-state index contributed by atoms with van der Waals surface area (Å²) >= 11 is 0. The fourth-order valence-corrected chi connectivity index (χ4v) is 3.17. The van der Waals surface area contributed by atoms with E-state index in [1.807, 2.05) is 0 Å². The number of aliphatic hydroxyl groups is 2. The molecule has 16 nitrogen and oxygen atoms in total. The minimum absolute atomic E-state index is 0.320. The third-order valence-corrected chi connectivity index (χ3v) is 4.88. The standard InChI is InChI=1S/C23H24O16/c24-13-21(14-25,22(7-1-15(26)27,8-2-16(28)29)38-11-5-19(34)35)23(9-3-17(30)31,10-4-18(32)33)39-12-6-20(36)37/h1-12,24-25H,13-14H2,(H,26,27)(H,28,29)(H,30,31)(H,32,33)(H,34,35)(H,36,37). The largest absolute Gasteiger partial charge is 0.485 e. The molecule has 0 fully saturated rings. The number of carboxylic acid groups (broad SMARTS) is 6. The average molecular weight is 556 g/mol. The highest BCUT2D eigenvalue weighted by Gasteiger charge is 2.63. The molecule has 0 unspecified atom stereocenters. The SMILES string of the molecule is O=C(O)C=COC(C=CC(=O)O)(C=CC(=O)O)C(CO)(CO)C(C=CC(=O)O)(C=CC(=O)O)OC=CC(=O)O. The van der Waals surface area contributed by atoms with Crippen LogP contribution in [-0.4, -0.2) is 101 Å². The summed E-state index contributed by atoms with van der Waals surface area (Å²) in [7, 11) is 0. The molecule has 0 bridgehead atoms. The van der Waals surface area contributed by atoms with Gasteiger partial charge in [-0.05, 0) is 24.3 Å². The predicted octanol–water partition coefficient (Wildman–Crippen LogP) is -0.772. The first-order chi connectivity index (χ1) is 18.1. The van der Waals surface area contributed by atoms with Crippen LogP contribution in [0.1, 0.15) is 0 Å². The summed E-state index contributed by atoms with van der Waals surface area (Å²) in [5.74, 6) is -10.1. The van der Waals surface area contributed by atoms with Crippen LogP contribution in [0.2, 0.25) is 0 Å². The molecule has 0 aliphatic heterocycles. The molecule has 0 spiro atoms. The number of hydrogen-bond donors (Lipinski definition) is 8. The van der Waals surface area contributed by atoms with Gasteiger partial charge in [-0.3, -0.25) is 0 Å². The summed E-state index contributed by atoms with van der Waals surface area (Å²) in [5, 5.41) is 76.0. The Bertz CT molecular complexity index is 985. The number of rotatable bonds is 18. The third-order valence-electron chi connectivity index (χ3n) is 4.88. The van der Waals surface area contributed by atoms with Gasteiger partial charge in [0.1, 0.15) is 5.41 Å². The molecule has 0 aromatic heterocycles. The van der Waals surface area contributed by atoms with Crippen LogP contribution in [-0.2, 0) is 38.2 Å². The van der Waals surface area contributed by atoms with Crippen molar-refractivity contribution >= 4 is 35.8 Å². The van der Waals surface area contributed by atoms with E-state index in [0.717, 1.165) is 0 Å². The fraction of sp³-hybridized carbons (Fsp3) is 0.217. The van der Waals surface area contributed by atoms with E-state index in [1.165, 1.54) is 0 Å². The second kappa shape index (κ2) is 15.1. The molecular weight excluding hydrogens is 532 g/mol. The molecule has 0 saturated heterocycles. The van der Waals surface area contributed by atoms with E-state index in [4.69, 9.17) is 19.7 Å². The molecule has 0 aliphatic rings. The van der Waals surface area contributed by atoms with E-state index in [9.17, 15) is 59.4 Å². The lowest BCUT2D eigenvalue weighted by Crippen LogP contribution is -2.64. The summed E-state index contributed by atoms with van der Waals surface area (Å²) in [6, 6.07) is 0. The first kappa shape index (κ1) is 33.8. The molecule has 0 rings (SSSR count). The number of ether oxygens (including phenoxy) is 2. The monoisotopic (exact) mass is 556 g/mol. The highest BCUT2D eigenvalue weighted by Crippen LogP contribution is 2.50. The Labute approximate surface area is 218 Å². The number of aliphatic hydroxyl groups excluding tert-OH is 2. The Hall–Kier alpha value is -5.22. The first-order valence-electron chi connectivity index (χ1n) is 10.2. The smallest absolute Gasteiger partial charge is 0.331 e. The van der Waals surface area contributed by atoms with Gasteiger partial charge in [0, 0.05) is 24.3 Å². The van der Waals surface area contributed by atoms with Gasteiger partial charge >= 0.3 is 35.8 Å². The lowest BCUT2D eigenvalue weighted by molar-refractivity contribution is -0.165. The Morgan fingerprint density at radius 3 is 0.872 bits per heavy atom. The Balaban J connectivity index is 8.23. The summed E-state index contributed by atoms with van der Waals surface area (Å²) in [4.78, 5) is 67.6. The van der Waals surface area contributed by atoms with Gasteiger partial charge in [0.05, 0.1) is 37.9 Å². The van der Waals surface area contributed by atoms with Crippen LogP contribution in [0.3, 0.4) is 0 Å². The molecule has 8 N–H and O–H groups in total. The van der Waals surface area contributed by atoms with Gasteiger partial charge in [-0.15, -0.1) is 0 Å². The molecule has 0 aromatic carbocycles. The Kier molecular flexibility index (Phi) is 13.1. The minimum atomic E-state index is -2.80. The normalized spacial score (nSPS) is 15.6. The third kappa shape index (κ3) is 9.63. The maximum Gasteiger partial charge on any atom is 0.331 e. The summed E-state index contributed by atoms with van der Waals surface area (Å²) in [5.41, 5.74) is -8.40. The molecule has 16 heteroatoms. The molecule has 212 valence electrons. The topological polar surface area (TPSA) is 283 Å². The second-order valence-electron chi connectivity index (χ2n) is 7.19. The van der Waals surface area contributed by atoms with E-state index in [-0.39, 0.29) is 0 Å². The van der Waals surface area contributed by atoms with Crippen LogP contribution in [0.4, 0.5) is 0 Å².